The molecule has 1 rings (SSSR count). The van der Waals surface area contributed by atoms with Crippen LogP contribution in [0.4, 0.5) is 0 Å². The van der Waals surface area contributed by atoms with Crippen molar-refractivity contribution in [1.29, 1.82) is 0 Å². The highest BCUT2D eigenvalue weighted by molar-refractivity contribution is 14.1. The largest absolute Gasteiger partial charge is 0.331 e. The molecule has 1 aromatic heterocycles. The van der Waals surface area contributed by atoms with Gasteiger partial charge in [-0.05, 0) is 35.9 Å². The standard InChI is InChI=1S/C15H25IN2O2/c1-3-5-6-7-8-9-10-11-18-14(19)13(16)12-17(4-2)15(18)20/h12H,3-11H2,1-2H3. The van der Waals surface area contributed by atoms with Crippen LogP contribution in [-0.4, -0.2) is 9.13 Å². The van der Waals surface area contributed by atoms with E-state index in [2.05, 4.69) is 6.92 Å². The van der Waals surface area contributed by atoms with E-state index in [1.165, 1.54) is 36.7 Å². The van der Waals surface area contributed by atoms with Crippen molar-refractivity contribution in [3.8, 4) is 0 Å². The van der Waals surface area contributed by atoms with Gasteiger partial charge in [-0.25, -0.2) is 4.79 Å². The zero-order valence-corrected chi connectivity index (χ0v) is 14.7. The van der Waals surface area contributed by atoms with E-state index in [-0.39, 0.29) is 11.2 Å². The molecule has 0 amide bonds. The number of aromatic nitrogens is 2. The highest BCUT2D eigenvalue weighted by Crippen LogP contribution is 2.07. The van der Waals surface area contributed by atoms with E-state index in [4.69, 9.17) is 0 Å². The van der Waals surface area contributed by atoms with Crippen LogP contribution >= 0.6 is 22.6 Å². The molecule has 1 aromatic rings. The van der Waals surface area contributed by atoms with E-state index in [0.717, 1.165) is 12.8 Å². The van der Waals surface area contributed by atoms with Crippen molar-refractivity contribution >= 4 is 22.6 Å². The Balaban J connectivity index is 2.54. The molecular weight excluding hydrogens is 367 g/mol. The SMILES string of the molecule is CCCCCCCCCn1c(=O)c(I)cn(CC)c1=O. The first kappa shape index (κ1) is 17.5. The lowest BCUT2D eigenvalue weighted by molar-refractivity contribution is 0.507. The van der Waals surface area contributed by atoms with Gasteiger partial charge in [0, 0.05) is 19.3 Å². The van der Waals surface area contributed by atoms with Gasteiger partial charge in [0.1, 0.15) is 0 Å². The van der Waals surface area contributed by atoms with Crippen LogP contribution in [0.1, 0.15) is 58.8 Å². The number of nitrogens with zero attached hydrogens (tertiary/aromatic N) is 2. The maximum absolute atomic E-state index is 12.1. The van der Waals surface area contributed by atoms with E-state index in [1.807, 2.05) is 29.5 Å². The third kappa shape index (κ3) is 5.07. The van der Waals surface area contributed by atoms with Crippen LogP contribution in [0.25, 0.3) is 0 Å². The Morgan fingerprint density at radius 3 is 2.20 bits per heavy atom. The van der Waals surface area contributed by atoms with Crippen LogP contribution < -0.4 is 11.2 Å². The number of hydrogen-bond donors (Lipinski definition) is 0. The van der Waals surface area contributed by atoms with Crippen LogP contribution in [0.2, 0.25) is 0 Å². The average molecular weight is 392 g/mol. The van der Waals surface area contributed by atoms with Gasteiger partial charge in [-0.1, -0.05) is 45.4 Å². The van der Waals surface area contributed by atoms with Crippen LogP contribution in [0.5, 0.6) is 0 Å². The Hall–Kier alpha value is -0.590. The van der Waals surface area contributed by atoms with Crippen molar-refractivity contribution in [2.45, 2.75) is 71.9 Å². The van der Waals surface area contributed by atoms with Crippen molar-refractivity contribution in [1.82, 2.24) is 9.13 Å². The lowest BCUT2D eigenvalue weighted by atomic mass is 10.1. The number of unbranched alkanes of at least 4 members (excludes halogenated alkanes) is 6. The fourth-order valence-corrected chi connectivity index (χ4v) is 2.90. The summed E-state index contributed by atoms with van der Waals surface area (Å²) in [4.78, 5) is 24.1. The molecule has 0 spiro atoms. The Labute approximate surface area is 134 Å². The molecule has 0 saturated carbocycles. The fourth-order valence-electron chi connectivity index (χ4n) is 2.27. The summed E-state index contributed by atoms with van der Waals surface area (Å²) in [6.45, 7) is 5.27. The Morgan fingerprint density at radius 2 is 1.60 bits per heavy atom. The molecule has 0 saturated heterocycles. The molecule has 0 aliphatic rings. The summed E-state index contributed by atoms with van der Waals surface area (Å²) in [6, 6.07) is 0. The third-order valence-electron chi connectivity index (χ3n) is 3.52. The minimum atomic E-state index is -0.177. The molecule has 0 aromatic carbocycles. The summed E-state index contributed by atoms with van der Waals surface area (Å²) in [6.07, 6.45) is 9.95. The van der Waals surface area contributed by atoms with Crippen LogP contribution in [0, 0.1) is 3.57 Å². The zero-order valence-electron chi connectivity index (χ0n) is 12.5. The summed E-state index contributed by atoms with van der Waals surface area (Å²) >= 11 is 2.01. The molecule has 0 fully saturated rings. The van der Waals surface area contributed by atoms with Gasteiger partial charge in [-0.3, -0.25) is 13.9 Å². The van der Waals surface area contributed by atoms with E-state index >= 15 is 0 Å². The summed E-state index contributed by atoms with van der Waals surface area (Å²) in [5.41, 5.74) is -0.324. The van der Waals surface area contributed by atoms with E-state index < -0.39 is 0 Å². The van der Waals surface area contributed by atoms with Crippen molar-refractivity contribution in [3.63, 3.8) is 0 Å². The fraction of sp³-hybridized carbons (Fsp3) is 0.733. The van der Waals surface area contributed by atoms with Gasteiger partial charge in [0.05, 0.1) is 3.57 Å². The summed E-state index contributed by atoms with van der Waals surface area (Å²) in [5, 5.41) is 0. The summed E-state index contributed by atoms with van der Waals surface area (Å²) in [5.74, 6) is 0. The van der Waals surface area contributed by atoms with Crippen LogP contribution in [0.15, 0.2) is 15.8 Å². The van der Waals surface area contributed by atoms with E-state index in [0.29, 0.717) is 16.7 Å². The second-order valence-corrected chi connectivity index (χ2v) is 6.29. The van der Waals surface area contributed by atoms with Gasteiger partial charge in [0.15, 0.2) is 0 Å². The normalized spacial score (nSPS) is 10.9. The highest BCUT2D eigenvalue weighted by atomic mass is 127. The smallest absolute Gasteiger partial charge is 0.300 e. The Kier molecular flexibility index (Phi) is 8.18. The highest BCUT2D eigenvalue weighted by Gasteiger charge is 2.08. The molecule has 5 heteroatoms. The molecule has 1 heterocycles. The van der Waals surface area contributed by atoms with Gasteiger partial charge in [0.2, 0.25) is 0 Å². The first-order chi connectivity index (χ1) is 9.61. The molecular formula is C15H25IN2O2. The predicted molar refractivity (Wildman–Crippen MR) is 91.3 cm³/mol. The van der Waals surface area contributed by atoms with Crippen molar-refractivity contribution in [3.05, 3.63) is 30.6 Å². The first-order valence-corrected chi connectivity index (χ1v) is 8.69. The maximum Gasteiger partial charge on any atom is 0.331 e. The molecule has 0 unspecified atom stereocenters. The number of rotatable bonds is 9. The second-order valence-electron chi connectivity index (χ2n) is 5.12. The molecule has 20 heavy (non-hydrogen) atoms. The molecule has 0 aliphatic carbocycles. The van der Waals surface area contributed by atoms with Gasteiger partial charge >= 0.3 is 5.69 Å². The molecule has 114 valence electrons. The quantitative estimate of drug-likeness (QED) is 0.478. The third-order valence-corrected chi connectivity index (χ3v) is 4.26. The molecule has 0 atom stereocenters. The minimum absolute atomic E-state index is 0.147. The van der Waals surface area contributed by atoms with Gasteiger partial charge in [0.25, 0.3) is 5.56 Å². The van der Waals surface area contributed by atoms with Gasteiger partial charge < -0.3 is 0 Å². The lowest BCUT2D eigenvalue weighted by Gasteiger charge is -2.09. The number of aryl methyl sites for hydroxylation is 1. The summed E-state index contributed by atoms with van der Waals surface area (Å²) < 4.78 is 3.61. The second kappa shape index (κ2) is 9.37. The zero-order chi connectivity index (χ0) is 15.0. The number of hydrogen-bond acceptors (Lipinski definition) is 2. The first-order valence-electron chi connectivity index (χ1n) is 7.61. The molecule has 0 radical (unpaired) electrons. The lowest BCUT2D eigenvalue weighted by Crippen LogP contribution is -2.40. The van der Waals surface area contributed by atoms with E-state index in [1.54, 1.807) is 10.8 Å². The summed E-state index contributed by atoms with van der Waals surface area (Å²) in [7, 11) is 0. The Morgan fingerprint density at radius 1 is 1.00 bits per heavy atom. The molecule has 0 aliphatic heterocycles. The van der Waals surface area contributed by atoms with Gasteiger partial charge in [-0.15, -0.1) is 0 Å². The van der Waals surface area contributed by atoms with Crippen LogP contribution in [0.3, 0.4) is 0 Å². The van der Waals surface area contributed by atoms with Crippen molar-refractivity contribution < 1.29 is 0 Å². The monoisotopic (exact) mass is 392 g/mol. The topological polar surface area (TPSA) is 44.0 Å². The molecule has 4 nitrogen and oxygen atoms in total. The minimum Gasteiger partial charge on any atom is -0.300 e. The maximum atomic E-state index is 12.1. The molecule has 0 bridgehead atoms. The van der Waals surface area contributed by atoms with E-state index in [9.17, 15) is 9.59 Å². The van der Waals surface area contributed by atoms with Crippen molar-refractivity contribution in [2.24, 2.45) is 0 Å². The van der Waals surface area contributed by atoms with Crippen LogP contribution in [-0.2, 0) is 13.1 Å². The molecule has 0 N–H and O–H groups in total. The average Bonchev–Trinajstić information content (AvgIpc) is 2.45. The predicted octanol–water partition coefficient (Wildman–Crippen LogP) is 3.39. The number of halogens is 1. The van der Waals surface area contributed by atoms with Crippen molar-refractivity contribution in [2.75, 3.05) is 0 Å². The van der Waals surface area contributed by atoms with Gasteiger partial charge in [-0.2, -0.15) is 0 Å². The Bertz CT molecular complexity index is 520.